The van der Waals surface area contributed by atoms with E-state index in [-0.39, 0.29) is 5.41 Å². The maximum absolute atomic E-state index is 12.4. The summed E-state index contributed by atoms with van der Waals surface area (Å²) in [6.07, 6.45) is 8.86. The molecule has 3 N–H and O–H groups in total. The number of aliphatic hydroxyl groups excluding tert-OH is 1. The second-order valence-electron chi connectivity index (χ2n) is 10.2. The number of allylic oxidation sites excluding steroid dienone is 2. The Morgan fingerprint density at radius 2 is 1.87 bits per heavy atom. The Bertz CT molecular complexity index is 806. The molecule has 3 saturated carbocycles. The number of carbonyl (C=O) groups is 2. The zero-order valence-corrected chi connectivity index (χ0v) is 17.9. The summed E-state index contributed by atoms with van der Waals surface area (Å²) in [6, 6.07) is 0. The predicted molar refractivity (Wildman–Crippen MR) is 110 cm³/mol. The number of oxime groups is 1. The Hall–Kier alpha value is -1.73. The van der Waals surface area contributed by atoms with Crippen molar-refractivity contribution in [1.82, 2.24) is 0 Å². The number of fused-ring (bicyclic) bond motifs is 5. The molecule has 0 amide bonds. The molecule has 166 valence electrons. The van der Waals surface area contributed by atoms with Crippen LogP contribution in [-0.4, -0.2) is 51.6 Å². The molecule has 0 aromatic carbocycles. The third-order valence-corrected chi connectivity index (χ3v) is 9.10. The van der Waals surface area contributed by atoms with Crippen molar-refractivity contribution in [2.45, 2.75) is 70.8 Å². The van der Waals surface area contributed by atoms with Crippen LogP contribution in [0.25, 0.3) is 0 Å². The van der Waals surface area contributed by atoms with Crippen LogP contribution >= 0.6 is 0 Å². The number of carboxylic acid groups (broad SMARTS) is 1. The summed E-state index contributed by atoms with van der Waals surface area (Å²) in [5.74, 6) is -0.191. The van der Waals surface area contributed by atoms with E-state index >= 15 is 0 Å². The van der Waals surface area contributed by atoms with Crippen LogP contribution in [0.4, 0.5) is 0 Å². The summed E-state index contributed by atoms with van der Waals surface area (Å²) in [5.41, 5.74) is 0.389. The van der Waals surface area contributed by atoms with Gasteiger partial charge in [0.25, 0.3) is 0 Å². The molecule has 30 heavy (non-hydrogen) atoms. The van der Waals surface area contributed by atoms with Crippen LogP contribution in [0.5, 0.6) is 0 Å². The molecule has 0 heterocycles. The standard InChI is InChI=1S/C23H33NO6/c1-21-8-5-15(24-30-13-20(27)28)11-14(21)3-4-16-17(21)6-9-22(2)18(16)7-10-23(22,29)19(26)12-25/h11,16-18,25,29H,3-10,12-13H2,1-2H3,(H,27,28)/b24-15-/t16-,17+,18+,21+,22+,23+/m1/s1. The third-order valence-electron chi connectivity index (χ3n) is 9.10. The van der Waals surface area contributed by atoms with Gasteiger partial charge in [0.15, 0.2) is 5.78 Å². The van der Waals surface area contributed by atoms with Crippen molar-refractivity contribution in [3.8, 4) is 0 Å². The molecule has 7 nitrogen and oxygen atoms in total. The van der Waals surface area contributed by atoms with Gasteiger partial charge in [-0.15, -0.1) is 0 Å². The number of ketones is 1. The molecule has 4 aliphatic carbocycles. The summed E-state index contributed by atoms with van der Waals surface area (Å²) in [4.78, 5) is 28.0. The quantitative estimate of drug-likeness (QED) is 0.590. The van der Waals surface area contributed by atoms with E-state index in [1.54, 1.807) is 0 Å². The highest BCUT2D eigenvalue weighted by Crippen LogP contribution is 2.67. The lowest BCUT2D eigenvalue weighted by Crippen LogP contribution is -2.58. The average molecular weight is 420 g/mol. The van der Waals surface area contributed by atoms with E-state index in [4.69, 9.17) is 9.94 Å². The smallest absolute Gasteiger partial charge is 0.344 e. The molecular formula is C23H33NO6. The minimum Gasteiger partial charge on any atom is -0.479 e. The number of nitrogens with zero attached hydrogens (tertiary/aromatic N) is 1. The first-order valence-corrected chi connectivity index (χ1v) is 11.1. The van der Waals surface area contributed by atoms with Crippen LogP contribution in [0.15, 0.2) is 16.8 Å². The minimum absolute atomic E-state index is 0.0672. The van der Waals surface area contributed by atoms with E-state index in [2.05, 4.69) is 25.1 Å². The fourth-order valence-electron chi connectivity index (χ4n) is 7.42. The van der Waals surface area contributed by atoms with E-state index < -0.39 is 36.0 Å². The number of hydrogen-bond acceptors (Lipinski definition) is 6. The Balaban J connectivity index is 1.57. The average Bonchev–Trinajstić information content (AvgIpc) is 2.99. The second kappa shape index (κ2) is 7.45. The molecule has 0 aromatic rings. The molecule has 4 aliphatic rings. The summed E-state index contributed by atoms with van der Waals surface area (Å²) < 4.78 is 0. The molecule has 6 atom stereocenters. The van der Waals surface area contributed by atoms with Gasteiger partial charge in [-0.1, -0.05) is 24.6 Å². The van der Waals surface area contributed by atoms with E-state index in [1.807, 2.05) is 0 Å². The molecule has 0 aromatic heterocycles. The van der Waals surface area contributed by atoms with Gasteiger partial charge in [0.05, 0.1) is 5.71 Å². The first-order valence-electron chi connectivity index (χ1n) is 11.1. The Morgan fingerprint density at radius 3 is 2.57 bits per heavy atom. The molecule has 4 rings (SSSR count). The zero-order valence-electron chi connectivity index (χ0n) is 17.9. The van der Waals surface area contributed by atoms with Gasteiger partial charge in [-0.05, 0) is 80.6 Å². The first-order chi connectivity index (χ1) is 14.2. The zero-order chi connectivity index (χ0) is 21.7. The van der Waals surface area contributed by atoms with E-state index in [9.17, 15) is 19.8 Å². The molecular weight excluding hydrogens is 386 g/mol. The lowest BCUT2D eigenvalue weighted by molar-refractivity contribution is -0.164. The normalized spacial score (nSPS) is 43.9. The van der Waals surface area contributed by atoms with Gasteiger partial charge in [-0.25, -0.2) is 4.79 Å². The molecule has 0 unspecified atom stereocenters. The monoisotopic (exact) mass is 419 g/mol. The van der Waals surface area contributed by atoms with E-state index in [0.717, 1.165) is 50.7 Å². The summed E-state index contributed by atoms with van der Waals surface area (Å²) in [5, 5.41) is 33.5. The molecule has 3 fully saturated rings. The first kappa shape index (κ1) is 21.5. The number of aliphatic carboxylic acids is 1. The van der Waals surface area contributed by atoms with Crippen LogP contribution < -0.4 is 0 Å². The summed E-state index contributed by atoms with van der Waals surface area (Å²) in [7, 11) is 0. The SMILES string of the molecule is C[C@]12CC/C(=N/OCC(=O)O)C=C1CC[C@@H]1[C@@H]2CC[C@@]2(C)[C@H]1CC[C@]2(O)C(=O)CO. The van der Waals surface area contributed by atoms with Crippen LogP contribution in [-0.2, 0) is 14.4 Å². The van der Waals surface area contributed by atoms with Crippen molar-refractivity contribution in [3.63, 3.8) is 0 Å². The minimum atomic E-state index is -1.40. The lowest BCUT2D eigenvalue weighted by atomic mass is 9.46. The second-order valence-corrected chi connectivity index (χ2v) is 10.2. The number of carbonyl (C=O) groups excluding carboxylic acids is 1. The number of aliphatic hydroxyl groups is 2. The third kappa shape index (κ3) is 3.04. The summed E-state index contributed by atoms with van der Waals surface area (Å²) >= 11 is 0. The van der Waals surface area contributed by atoms with Crippen molar-refractivity contribution in [2.24, 2.45) is 33.7 Å². The van der Waals surface area contributed by atoms with Gasteiger partial charge in [-0.3, -0.25) is 4.79 Å². The van der Waals surface area contributed by atoms with Gasteiger partial charge >= 0.3 is 5.97 Å². The highest BCUT2D eigenvalue weighted by molar-refractivity contribution is 5.96. The number of hydrogen-bond donors (Lipinski definition) is 3. The Morgan fingerprint density at radius 1 is 1.13 bits per heavy atom. The maximum atomic E-state index is 12.4. The topological polar surface area (TPSA) is 116 Å². The summed E-state index contributed by atoms with van der Waals surface area (Å²) in [6.45, 7) is 3.38. The maximum Gasteiger partial charge on any atom is 0.344 e. The number of rotatable bonds is 5. The Labute approximate surface area is 177 Å². The lowest BCUT2D eigenvalue weighted by Gasteiger charge is -2.59. The van der Waals surface area contributed by atoms with Crippen molar-refractivity contribution in [2.75, 3.05) is 13.2 Å². The van der Waals surface area contributed by atoms with E-state index in [0.29, 0.717) is 24.2 Å². The highest BCUT2D eigenvalue weighted by atomic mass is 16.6. The van der Waals surface area contributed by atoms with E-state index in [1.165, 1.54) is 5.57 Å². The highest BCUT2D eigenvalue weighted by Gasteiger charge is 2.65. The van der Waals surface area contributed by atoms with Gasteiger partial charge in [0, 0.05) is 5.41 Å². The van der Waals surface area contributed by atoms with Gasteiger partial charge in [-0.2, -0.15) is 0 Å². The fourth-order valence-corrected chi connectivity index (χ4v) is 7.42. The predicted octanol–water partition coefficient (Wildman–Crippen LogP) is 2.70. The van der Waals surface area contributed by atoms with Gasteiger partial charge < -0.3 is 20.2 Å². The molecule has 0 bridgehead atoms. The van der Waals surface area contributed by atoms with Crippen molar-refractivity contribution in [3.05, 3.63) is 11.6 Å². The molecule has 0 radical (unpaired) electrons. The van der Waals surface area contributed by atoms with Gasteiger partial charge in [0.2, 0.25) is 6.61 Å². The van der Waals surface area contributed by atoms with Crippen molar-refractivity contribution >= 4 is 17.5 Å². The van der Waals surface area contributed by atoms with Crippen molar-refractivity contribution in [1.29, 1.82) is 0 Å². The van der Waals surface area contributed by atoms with Crippen molar-refractivity contribution < 1.29 is 29.7 Å². The largest absolute Gasteiger partial charge is 0.479 e. The fraction of sp³-hybridized carbons (Fsp3) is 0.783. The molecule has 7 heteroatoms. The molecule has 0 aliphatic heterocycles. The van der Waals surface area contributed by atoms with Gasteiger partial charge in [0.1, 0.15) is 12.2 Å². The van der Waals surface area contributed by atoms with Crippen LogP contribution in [0.2, 0.25) is 0 Å². The number of carboxylic acids is 1. The van der Waals surface area contributed by atoms with Crippen LogP contribution in [0.1, 0.15) is 65.2 Å². The van der Waals surface area contributed by atoms with Crippen LogP contribution in [0, 0.1) is 28.6 Å². The molecule has 0 spiro atoms. The van der Waals surface area contributed by atoms with Crippen LogP contribution in [0.3, 0.4) is 0 Å². The number of Topliss-reactive ketones (excluding diaryl/α,β-unsaturated/α-hetero) is 1. The Kier molecular flexibility index (Phi) is 5.34. The molecule has 0 saturated heterocycles.